The molecule has 5 nitrogen and oxygen atoms in total. The van der Waals surface area contributed by atoms with Crippen LogP contribution in [-0.2, 0) is 11.6 Å². The van der Waals surface area contributed by atoms with Crippen molar-refractivity contribution in [3.8, 4) is 11.8 Å². The van der Waals surface area contributed by atoms with Crippen LogP contribution in [0.5, 0.6) is 0 Å². The summed E-state index contributed by atoms with van der Waals surface area (Å²) < 4.78 is 53.9. The van der Waals surface area contributed by atoms with E-state index in [2.05, 4.69) is 10.4 Å². The van der Waals surface area contributed by atoms with Crippen molar-refractivity contribution < 1.29 is 22.4 Å². The van der Waals surface area contributed by atoms with Crippen LogP contribution in [0.25, 0.3) is 5.69 Å². The topological polar surface area (TPSA) is 70.7 Å². The van der Waals surface area contributed by atoms with Gasteiger partial charge in [-0.05, 0) is 42.5 Å². The first-order chi connectivity index (χ1) is 14.4. The van der Waals surface area contributed by atoms with Crippen LogP contribution < -0.4 is 5.32 Å². The number of halogens is 4. The lowest BCUT2D eigenvalue weighted by Crippen LogP contribution is -2.17. The Hall–Kier alpha value is -3.67. The van der Waals surface area contributed by atoms with Crippen LogP contribution in [0, 0.1) is 17.1 Å². The fraction of sp³-hybridized carbons (Fsp3) is 0.227. The zero-order valence-corrected chi connectivity index (χ0v) is 16.9. The highest BCUT2D eigenvalue weighted by Crippen LogP contribution is 2.32. The lowest BCUT2D eigenvalue weighted by Gasteiger charge is -2.14. The van der Waals surface area contributed by atoms with Crippen LogP contribution in [0.1, 0.15) is 48.0 Å². The molecule has 0 fully saturated rings. The summed E-state index contributed by atoms with van der Waals surface area (Å²) in [6.45, 7) is 5.75. The third-order valence-electron chi connectivity index (χ3n) is 4.49. The smallest absolute Gasteiger partial charge is 0.306 e. The number of alkyl halides is 3. The van der Waals surface area contributed by atoms with Crippen LogP contribution in [0.4, 0.5) is 23.4 Å². The van der Waals surface area contributed by atoms with Gasteiger partial charge in [0.25, 0.3) is 5.91 Å². The fourth-order valence-electron chi connectivity index (χ4n) is 2.78. The number of amides is 1. The molecule has 3 rings (SSSR count). The van der Waals surface area contributed by atoms with E-state index in [0.29, 0.717) is 29.1 Å². The van der Waals surface area contributed by atoms with E-state index < -0.39 is 23.5 Å². The molecule has 0 bridgehead atoms. The first kappa shape index (κ1) is 22.0. The Balaban J connectivity index is 2.01. The number of hydrogen-bond acceptors (Lipinski definition) is 3. The Morgan fingerprint density at radius 1 is 1.06 bits per heavy atom. The number of nitrogens with one attached hydrogen (secondary N) is 1. The molecule has 0 radical (unpaired) electrons. The molecule has 1 N–H and O–H groups in total. The number of carbonyl (C=O) groups excluding carboxylic acids is 1. The molecule has 0 spiro atoms. The molecule has 2 aromatic carbocycles. The van der Waals surface area contributed by atoms with Gasteiger partial charge in [-0.2, -0.15) is 23.5 Å². The molecule has 0 saturated heterocycles. The van der Waals surface area contributed by atoms with E-state index in [1.54, 1.807) is 30.3 Å². The predicted octanol–water partition coefficient (Wildman–Crippen LogP) is 5.45. The van der Waals surface area contributed by atoms with Crippen LogP contribution in [0.2, 0.25) is 0 Å². The van der Waals surface area contributed by atoms with Crippen LogP contribution in [-0.4, -0.2) is 15.7 Å². The van der Waals surface area contributed by atoms with Gasteiger partial charge < -0.3 is 5.32 Å². The number of hydrogen-bond donors (Lipinski definition) is 1. The Morgan fingerprint density at radius 2 is 1.71 bits per heavy atom. The molecule has 0 aliphatic heterocycles. The highest BCUT2D eigenvalue weighted by atomic mass is 19.4. The molecule has 160 valence electrons. The molecule has 9 heteroatoms. The number of benzene rings is 2. The first-order valence-electron chi connectivity index (χ1n) is 9.19. The highest BCUT2D eigenvalue weighted by molar-refractivity contribution is 6.04. The number of nitrogens with zero attached hydrogens (tertiary/aromatic N) is 3. The minimum absolute atomic E-state index is 0.220. The minimum atomic E-state index is -4.93. The fourth-order valence-corrected chi connectivity index (χ4v) is 2.78. The molecule has 0 saturated carbocycles. The maximum absolute atomic E-state index is 13.5. The van der Waals surface area contributed by atoms with Crippen LogP contribution in [0.15, 0.2) is 48.5 Å². The molecular weight excluding hydrogens is 412 g/mol. The average Bonchev–Trinajstić information content (AvgIpc) is 3.11. The van der Waals surface area contributed by atoms with Crippen LogP contribution >= 0.6 is 0 Å². The molecule has 0 aliphatic rings. The summed E-state index contributed by atoms with van der Waals surface area (Å²) in [6, 6.07) is 12.1. The first-order valence-corrected chi connectivity index (χ1v) is 9.19. The summed E-state index contributed by atoms with van der Waals surface area (Å²) in [4.78, 5) is 12.7. The summed E-state index contributed by atoms with van der Waals surface area (Å²) >= 11 is 0. The standard InChI is InChI=1S/C22H18F4N4O/c1-21(2,3)18-11-19(30(29-18)15-7-4-13(12-27)5-8-15)28-20(31)14-6-9-17(23)16(10-14)22(24,25)26/h4-11H,1-3H3,(H,28,31). The highest BCUT2D eigenvalue weighted by Gasteiger charge is 2.34. The Morgan fingerprint density at radius 3 is 2.26 bits per heavy atom. The molecular formula is C22H18F4N4O. The molecule has 31 heavy (non-hydrogen) atoms. The monoisotopic (exact) mass is 430 g/mol. The zero-order chi connectivity index (χ0) is 23.0. The van der Waals surface area contributed by atoms with E-state index in [9.17, 15) is 22.4 Å². The molecule has 1 aromatic heterocycles. The van der Waals surface area contributed by atoms with Gasteiger partial charge in [-0.1, -0.05) is 20.8 Å². The number of rotatable bonds is 3. The summed E-state index contributed by atoms with van der Waals surface area (Å²) in [5.41, 5.74) is -0.642. The molecule has 1 amide bonds. The minimum Gasteiger partial charge on any atom is -0.306 e. The summed E-state index contributed by atoms with van der Waals surface area (Å²) in [5.74, 6) is -2.08. The van der Waals surface area contributed by atoms with E-state index >= 15 is 0 Å². The maximum atomic E-state index is 13.5. The lowest BCUT2D eigenvalue weighted by molar-refractivity contribution is -0.140. The maximum Gasteiger partial charge on any atom is 0.419 e. The van der Waals surface area contributed by atoms with Gasteiger partial charge in [0.15, 0.2) is 0 Å². The second kappa shape index (κ2) is 7.87. The van der Waals surface area contributed by atoms with E-state index in [1.807, 2.05) is 26.8 Å². The van der Waals surface area contributed by atoms with Crippen molar-refractivity contribution in [2.45, 2.75) is 32.4 Å². The molecule has 0 unspecified atom stereocenters. The molecule has 0 aliphatic carbocycles. The third-order valence-corrected chi connectivity index (χ3v) is 4.49. The van der Waals surface area contributed by atoms with Crippen molar-refractivity contribution in [1.82, 2.24) is 9.78 Å². The number of anilines is 1. The average molecular weight is 430 g/mol. The van der Waals surface area contributed by atoms with Crippen molar-refractivity contribution in [2.75, 3.05) is 5.32 Å². The normalized spacial score (nSPS) is 11.8. The van der Waals surface area contributed by atoms with E-state index in [-0.39, 0.29) is 16.8 Å². The summed E-state index contributed by atoms with van der Waals surface area (Å²) in [7, 11) is 0. The van der Waals surface area contributed by atoms with Gasteiger partial charge >= 0.3 is 6.18 Å². The van der Waals surface area contributed by atoms with Gasteiger partial charge in [0.1, 0.15) is 11.6 Å². The quantitative estimate of drug-likeness (QED) is 0.562. The number of nitriles is 1. The third kappa shape index (κ3) is 4.74. The molecule has 0 atom stereocenters. The van der Waals surface area contributed by atoms with Crippen molar-refractivity contribution in [3.63, 3.8) is 0 Å². The molecule has 3 aromatic rings. The Kier molecular flexibility index (Phi) is 5.59. The number of aromatic nitrogens is 2. The van der Waals surface area contributed by atoms with Crippen molar-refractivity contribution in [3.05, 3.63) is 76.7 Å². The zero-order valence-electron chi connectivity index (χ0n) is 16.9. The van der Waals surface area contributed by atoms with Gasteiger partial charge in [-0.25, -0.2) is 9.07 Å². The Labute approximate surface area is 175 Å². The van der Waals surface area contributed by atoms with Gasteiger partial charge in [0.2, 0.25) is 0 Å². The summed E-state index contributed by atoms with van der Waals surface area (Å²) in [6.07, 6.45) is -4.93. The largest absolute Gasteiger partial charge is 0.419 e. The van der Waals surface area contributed by atoms with Crippen molar-refractivity contribution in [2.24, 2.45) is 0 Å². The van der Waals surface area contributed by atoms with E-state index in [1.165, 1.54) is 4.68 Å². The van der Waals surface area contributed by atoms with Crippen molar-refractivity contribution >= 4 is 11.7 Å². The van der Waals surface area contributed by atoms with Gasteiger partial charge in [0.05, 0.1) is 28.6 Å². The molecule has 1 heterocycles. The number of carbonyl (C=O) groups is 1. The van der Waals surface area contributed by atoms with Gasteiger partial charge in [0, 0.05) is 17.0 Å². The van der Waals surface area contributed by atoms with Gasteiger partial charge in [-0.15, -0.1) is 0 Å². The second-order valence-electron chi connectivity index (χ2n) is 7.88. The SMILES string of the molecule is CC(C)(C)c1cc(NC(=O)c2ccc(F)c(C(F)(F)F)c2)n(-c2ccc(C#N)cc2)n1. The van der Waals surface area contributed by atoms with Crippen molar-refractivity contribution in [1.29, 1.82) is 5.26 Å². The lowest BCUT2D eigenvalue weighted by atomic mass is 9.92. The second-order valence-corrected chi connectivity index (χ2v) is 7.88. The van der Waals surface area contributed by atoms with E-state index in [0.717, 1.165) is 6.07 Å². The summed E-state index contributed by atoms with van der Waals surface area (Å²) in [5, 5.41) is 16.0. The van der Waals surface area contributed by atoms with Crippen LogP contribution in [0.3, 0.4) is 0 Å². The predicted molar refractivity (Wildman–Crippen MR) is 106 cm³/mol. The van der Waals surface area contributed by atoms with E-state index in [4.69, 9.17) is 5.26 Å². The van der Waals surface area contributed by atoms with Gasteiger partial charge in [-0.3, -0.25) is 4.79 Å². The Bertz CT molecular complexity index is 1170.